The van der Waals surface area contributed by atoms with Crippen molar-refractivity contribution < 1.29 is 0 Å². The van der Waals surface area contributed by atoms with Gasteiger partial charge in [0.2, 0.25) is 0 Å². The molecule has 1 N–H and O–H groups in total. The number of rotatable bonds is 4. The van der Waals surface area contributed by atoms with E-state index in [2.05, 4.69) is 114 Å². The minimum atomic E-state index is -1.48. The molecule has 2 atom stereocenters. The Hall–Kier alpha value is 0.274. The normalized spacial score (nSPS) is 28.2. The Morgan fingerprint density at radius 2 is 0.960 bits per heavy atom. The van der Waals surface area contributed by atoms with Crippen LogP contribution in [0.4, 0.5) is 0 Å². The Kier molecular flexibility index (Phi) is 6.55. The number of hydrogen-bond acceptors (Lipinski definition) is 4. The summed E-state index contributed by atoms with van der Waals surface area (Å²) in [5, 5.41) is 0. The lowest BCUT2D eigenvalue weighted by atomic mass is 10.0. The van der Waals surface area contributed by atoms with Gasteiger partial charge in [0.05, 0.1) is 0 Å². The van der Waals surface area contributed by atoms with Crippen molar-refractivity contribution in [2.24, 2.45) is 0 Å². The molecule has 0 aromatic carbocycles. The molecule has 0 spiro atoms. The molecule has 0 aromatic heterocycles. The molecule has 25 heavy (non-hydrogen) atoms. The van der Waals surface area contributed by atoms with Gasteiger partial charge in [0.15, 0.2) is 0 Å². The highest BCUT2D eigenvalue weighted by Gasteiger charge is 2.52. The van der Waals surface area contributed by atoms with Crippen LogP contribution < -0.4 is 5.43 Å². The van der Waals surface area contributed by atoms with Crippen molar-refractivity contribution in [3.8, 4) is 0 Å². The van der Waals surface area contributed by atoms with E-state index in [0.717, 1.165) is 0 Å². The standard InChI is InChI=1S/C19H46N4Si2/c1-15-16(2)22(19(6,7)8)17(21(15)18(3,4)5)20-23(24(9,10)11)25(12,13)14/h15-17,20H,1-14H3. The molecule has 4 nitrogen and oxygen atoms in total. The van der Waals surface area contributed by atoms with E-state index in [4.69, 9.17) is 0 Å². The van der Waals surface area contributed by atoms with Gasteiger partial charge < -0.3 is 0 Å². The predicted octanol–water partition coefficient (Wildman–Crippen LogP) is 4.74. The second-order valence-corrected chi connectivity index (χ2v) is 21.8. The molecule has 1 rings (SSSR count). The van der Waals surface area contributed by atoms with Crippen molar-refractivity contribution in [2.45, 2.75) is 124 Å². The highest BCUT2D eigenvalue weighted by Crippen LogP contribution is 2.37. The fourth-order valence-corrected chi connectivity index (χ4v) is 13.7. The summed E-state index contributed by atoms with van der Waals surface area (Å²) in [4.78, 5) is 5.38. The molecule has 0 aliphatic carbocycles. The highest BCUT2D eigenvalue weighted by atomic mass is 28.4. The van der Waals surface area contributed by atoms with Crippen molar-refractivity contribution in [1.82, 2.24) is 19.6 Å². The van der Waals surface area contributed by atoms with E-state index in [-0.39, 0.29) is 17.4 Å². The van der Waals surface area contributed by atoms with Crippen LogP contribution in [-0.4, -0.2) is 60.1 Å². The first-order valence-corrected chi connectivity index (χ1v) is 16.8. The van der Waals surface area contributed by atoms with Gasteiger partial charge in [-0.05, 0) is 55.4 Å². The fraction of sp³-hybridized carbons (Fsp3) is 1.00. The monoisotopic (exact) mass is 386 g/mol. The first-order chi connectivity index (χ1) is 10.8. The third-order valence-electron chi connectivity index (χ3n) is 5.24. The van der Waals surface area contributed by atoms with E-state index in [1.165, 1.54) is 0 Å². The molecule has 1 aliphatic rings. The van der Waals surface area contributed by atoms with Gasteiger partial charge in [-0.2, -0.15) is 0 Å². The van der Waals surface area contributed by atoms with Crippen LogP contribution >= 0.6 is 0 Å². The van der Waals surface area contributed by atoms with Crippen molar-refractivity contribution >= 4 is 16.5 Å². The quantitative estimate of drug-likeness (QED) is 0.556. The maximum absolute atomic E-state index is 4.08. The summed E-state index contributed by atoms with van der Waals surface area (Å²) in [5.74, 6) is 0. The summed E-state index contributed by atoms with van der Waals surface area (Å²) in [6.45, 7) is 33.7. The zero-order valence-corrected chi connectivity index (χ0v) is 21.6. The van der Waals surface area contributed by atoms with Crippen molar-refractivity contribution in [3.63, 3.8) is 0 Å². The van der Waals surface area contributed by atoms with Crippen LogP contribution in [0.1, 0.15) is 55.4 Å². The van der Waals surface area contributed by atoms with Gasteiger partial charge in [0.25, 0.3) is 0 Å². The number of nitrogens with one attached hydrogen (secondary N) is 1. The molecule has 150 valence electrons. The molecular formula is C19H46N4Si2. The first kappa shape index (κ1) is 23.3. The molecule has 2 unspecified atom stereocenters. The number of nitrogens with zero attached hydrogens (tertiary/aromatic N) is 3. The molecule has 0 bridgehead atoms. The molecule has 1 heterocycles. The summed E-state index contributed by atoms with van der Waals surface area (Å²) in [6, 6.07) is 1.03. The predicted molar refractivity (Wildman–Crippen MR) is 118 cm³/mol. The lowest BCUT2D eigenvalue weighted by Gasteiger charge is -2.51. The van der Waals surface area contributed by atoms with Gasteiger partial charge in [-0.1, -0.05) is 39.3 Å². The summed E-state index contributed by atoms with van der Waals surface area (Å²) in [7, 11) is -2.96. The van der Waals surface area contributed by atoms with Gasteiger partial charge in [-0.25, -0.2) is 5.43 Å². The zero-order valence-electron chi connectivity index (χ0n) is 19.6. The maximum Gasteiger partial charge on any atom is 0.130 e. The fourth-order valence-electron chi connectivity index (χ4n) is 4.63. The van der Waals surface area contributed by atoms with Gasteiger partial charge in [0, 0.05) is 23.2 Å². The zero-order chi connectivity index (χ0) is 20.2. The smallest absolute Gasteiger partial charge is 0.130 e. The lowest BCUT2D eigenvalue weighted by molar-refractivity contribution is -0.0347. The minimum Gasteiger partial charge on any atom is -0.284 e. The largest absolute Gasteiger partial charge is 0.284 e. The summed E-state index contributed by atoms with van der Waals surface area (Å²) < 4.78 is 2.72. The van der Waals surface area contributed by atoms with Gasteiger partial charge >= 0.3 is 0 Å². The Balaban J connectivity index is 3.40. The average Bonchev–Trinajstić information content (AvgIpc) is 2.54. The van der Waals surface area contributed by atoms with Crippen LogP contribution in [0.2, 0.25) is 39.3 Å². The van der Waals surface area contributed by atoms with Gasteiger partial charge in [0.1, 0.15) is 22.8 Å². The van der Waals surface area contributed by atoms with Gasteiger partial charge in [-0.3, -0.25) is 14.1 Å². The molecule has 1 saturated heterocycles. The number of hydrogen-bond donors (Lipinski definition) is 1. The second-order valence-electron chi connectivity index (χ2n) is 11.8. The Labute approximate surface area is 160 Å². The second kappa shape index (κ2) is 7.02. The maximum atomic E-state index is 4.08. The molecule has 6 heteroatoms. The van der Waals surface area contributed by atoms with Crippen LogP contribution in [0.15, 0.2) is 0 Å². The van der Waals surface area contributed by atoms with E-state index < -0.39 is 16.5 Å². The third kappa shape index (κ3) is 5.17. The van der Waals surface area contributed by atoms with Crippen LogP contribution in [0.3, 0.4) is 0 Å². The Morgan fingerprint density at radius 3 is 1.16 bits per heavy atom. The minimum absolute atomic E-state index is 0.121. The van der Waals surface area contributed by atoms with E-state index in [1.807, 2.05) is 0 Å². The third-order valence-corrected chi connectivity index (χ3v) is 12.2. The van der Waals surface area contributed by atoms with E-state index in [0.29, 0.717) is 12.1 Å². The molecule has 0 radical (unpaired) electrons. The average molecular weight is 387 g/mol. The molecular weight excluding hydrogens is 340 g/mol. The van der Waals surface area contributed by atoms with E-state index in [1.54, 1.807) is 0 Å². The Morgan fingerprint density at radius 1 is 0.680 bits per heavy atom. The van der Waals surface area contributed by atoms with Gasteiger partial charge in [-0.15, -0.1) is 0 Å². The van der Waals surface area contributed by atoms with Crippen molar-refractivity contribution in [2.75, 3.05) is 0 Å². The lowest BCUT2D eigenvalue weighted by Crippen LogP contribution is -2.72. The SMILES string of the molecule is CC1C(C)N(C(C)(C)C)C(NN([Si](C)(C)C)[Si](C)(C)C)N1C(C)(C)C. The van der Waals surface area contributed by atoms with Crippen molar-refractivity contribution in [3.05, 3.63) is 0 Å². The van der Waals surface area contributed by atoms with Crippen LogP contribution in [-0.2, 0) is 0 Å². The van der Waals surface area contributed by atoms with E-state index >= 15 is 0 Å². The topological polar surface area (TPSA) is 21.8 Å². The Bertz CT molecular complexity index is 414. The molecule has 0 amide bonds. The first-order valence-electron chi connectivity index (χ1n) is 9.93. The highest BCUT2D eigenvalue weighted by molar-refractivity contribution is 6.89. The summed E-state index contributed by atoms with van der Waals surface area (Å²) in [5.41, 5.74) is 4.32. The molecule has 1 fully saturated rings. The number of hydrazine groups is 1. The summed E-state index contributed by atoms with van der Waals surface area (Å²) >= 11 is 0. The molecule has 0 aromatic rings. The van der Waals surface area contributed by atoms with E-state index in [9.17, 15) is 0 Å². The van der Waals surface area contributed by atoms with Crippen molar-refractivity contribution in [1.29, 1.82) is 0 Å². The van der Waals surface area contributed by atoms with Crippen LogP contribution in [0.25, 0.3) is 0 Å². The molecule has 1 aliphatic heterocycles. The van der Waals surface area contributed by atoms with Crippen LogP contribution in [0, 0.1) is 0 Å². The molecule has 0 saturated carbocycles. The summed E-state index contributed by atoms with van der Waals surface area (Å²) in [6.07, 6.45) is 0.239. The van der Waals surface area contributed by atoms with Crippen LogP contribution in [0.5, 0.6) is 0 Å².